The lowest BCUT2D eigenvalue weighted by Crippen LogP contribution is -2.62. The molecule has 0 aliphatic heterocycles. The van der Waals surface area contributed by atoms with Crippen molar-refractivity contribution in [1.82, 2.24) is 47.9 Å². The van der Waals surface area contributed by atoms with E-state index in [1.54, 1.807) is 57.4 Å². The van der Waals surface area contributed by atoms with Crippen molar-refractivity contribution in [2.75, 3.05) is 37.1 Å². The van der Waals surface area contributed by atoms with Gasteiger partial charge in [0, 0.05) is 13.3 Å². The maximum Gasteiger partial charge on any atom is 0.305 e. The number of hydrogen-bond donors (Lipinski definition) is 14. The number of primary amides is 1. The second-order valence-corrected chi connectivity index (χ2v) is 21.7. The molecule has 17 N–H and O–H groups in total. The van der Waals surface area contributed by atoms with Crippen molar-refractivity contribution < 1.29 is 63.0 Å². The highest BCUT2D eigenvalue weighted by molar-refractivity contribution is 7.98. The lowest BCUT2D eigenvalue weighted by atomic mass is 9.97. The fraction of sp³-hybridized carbons (Fsp3) is 0.673. The smallest absolute Gasteiger partial charge is 0.305 e. The SMILES string of the molecule is CC[C@H](C)[C@H](NC(C)=O)C(=O)N[C@@H](CCSC)C(=O)N[C@@H](CCSC)C(=O)N[C@@H](Cc1ccccc1)C(=O)N[C@@H](CCCCN)C(=O)N[C@H](C(=O)N[C@@H](CC(=O)O)C(=O)N[C@H](C(=O)N[C@@H](CCCCN)C(N)=O)C(C)C)[C@@H](C)O. The molecule has 10 amide bonds. The second-order valence-electron chi connectivity index (χ2n) is 19.7. The van der Waals surface area contributed by atoms with E-state index < -0.39 is 138 Å². The zero-order chi connectivity index (χ0) is 59.8. The first-order valence-electron chi connectivity index (χ1n) is 26.7. The van der Waals surface area contributed by atoms with Crippen LogP contribution in [0.1, 0.15) is 111 Å². The molecule has 1 aromatic carbocycles. The summed E-state index contributed by atoms with van der Waals surface area (Å²) in [5, 5.41) is 43.8. The summed E-state index contributed by atoms with van der Waals surface area (Å²) in [5.41, 5.74) is 17.4. The highest BCUT2D eigenvalue weighted by Gasteiger charge is 2.37. The summed E-state index contributed by atoms with van der Waals surface area (Å²) in [6.07, 6.45) is 3.46. The first kappa shape index (κ1) is 71.0. The van der Waals surface area contributed by atoms with Gasteiger partial charge < -0.3 is 75.3 Å². The Balaban J connectivity index is 3.57. The highest BCUT2D eigenvalue weighted by Crippen LogP contribution is 2.14. The van der Waals surface area contributed by atoms with Crippen LogP contribution in [-0.2, 0) is 59.2 Å². The van der Waals surface area contributed by atoms with Crippen molar-refractivity contribution in [3.63, 3.8) is 0 Å². The van der Waals surface area contributed by atoms with E-state index in [4.69, 9.17) is 17.2 Å². The van der Waals surface area contributed by atoms with Crippen LogP contribution in [0, 0.1) is 11.8 Å². The first-order valence-corrected chi connectivity index (χ1v) is 29.5. The summed E-state index contributed by atoms with van der Waals surface area (Å²) < 4.78 is 0. The van der Waals surface area contributed by atoms with Gasteiger partial charge in [-0.15, -0.1) is 0 Å². The molecule has 0 aliphatic carbocycles. The fourth-order valence-corrected chi connectivity index (χ4v) is 8.91. The van der Waals surface area contributed by atoms with Crippen LogP contribution < -0.4 is 65.1 Å². The number of unbranched alkanes of at least 4 members (excludes halogenated alkanes) is 2. The van der Waals surface area contributed by atoms with Gasteiger partial charge in [-0.05, 0) is 113 Å². The van der Waals surface area contributed by atoms with Crippen LogP contribution in [0.4, 0.5) is 0 Å². The molecule has 0 bridgehead atoms. The van der Waals surface area contributed by atoms with Crippen molar-refractivity contribution in [2.45, 2.75) is 173 Å². The lowest BCUT2D eigenvalue weighted by Gasteiger charge is -2.29. The van der Waals surface area contributed by atoms with E-state index in [0.717, 1.165) is 6.92 Å². The summed E-state index contributed by atoms with van der Waals surface area (Å²) >= 11 is 2.83. The van der Waals surface area contributed by atoms with Crippen molar-refractivity contribution in [3.05, 3.63) is 35.9 Å². The quantitative estimate of drug-likeness (QED) is 0.0330. The molecular weight excluding hydrogens is 1060 g/mol. The molecule has 1 rings (SSSR count). The monoisotopic (exact) mass is 1150 g/mol. The Morgan fingerprint density at radius 3 is 1.38 bits per heavy atom. The minimum atomic E-state index is -1.86. The molecule has 11 atom stereocenters. The molecule has 27 heteroatoms. The summed E-state index contributed by atoms with van der Waals surface area (Å²) in [6.45, 7) is 9.77. The van der Waals surface area contributed by atoms with E-state index in [9.17, 15) is 63.0 Å². The number of nitrogens with one attached hydrogen (secondary N) is 9. The van der Waals surface area contributed by atoms with Crippen LogP contribution in [-0.4, -0.2) is 173 Å². The number of carboxylic acid groups (broad SMARTS) is 1. The molecule has 79 heavy (non-hydrogen) atoms. The van der Waals surface area contributed by atoms with Gasteiger partial charge in [-0.1, -0.05) is 64.4 Å². The predicted molar refractivity (Wildman–Crippen MR) is 302 cm³/mol. The van der Waals surface area contributed by atoms with Crippen molar-refractivity contribution in [1.29, 1.82) is 0 Å². The molecule has 0 spiro atoms. The molecule has 0 saturated carbocycles. The number of aliphatic hydroxyl groups excluding tert-OH is 1. The van der Waals surface area contributed by atoms with Crippen LogP contribution in [0.15, 0.2) is 30.3 Å². The maximum absolute atomic E-state index is 14.5. The number of aliphatic hydroxyl groups is 1. The number of carbonyl (C=O) groups excluding carboxylic acids is 10. The van der Waals surface area contributed by atoms with Gasteiger partial charge in [0.25, 0.3) is 0 Å². The molecule has 0 radical (unpaired) electrons. The molecule has 446 valence electrons. The third-order valence-electron chi connectivity index (χ3n) is 12.8. The molecule has 25 nitrogen and oxygen atoms in total. The Morgan fingerprint density at radius 1 is 0.519 bits per heavy atom. The average molecular weight is 1150 g/mol. The average Bonchev–Trinajstić information content (AvgIpc) is 3.39. The topological polar surface area (TPSA) is 415 Å². The molecule has 0 fully saturated rings. The van der Waals surface area contributed by atoms with E-state index in [-0.39, 0.29) is 51.0 Å². The van der Waals surface area contributed by atoms with Gasteiger partial charge in [-0.25, -0.2) is 0 Å². The van der Waals surface area contributed by atoms with Crippen molar-refractivity contribution in [2.24, 2.45) is 29.0 Å². The van der Waals surface area contributed by atoms with E-state index in [1.165, 1.54) is 30.4 Å². The van der Waals surface area contributed by atoms with Crippen LogP contribution in [0.5, 0.6) is 0 Å². The van der Waals surface area contributed by atoms with Gasteiger partial charge in [0.1, 0.15) is 54.4 Å². The molecular formula is C52H88N12O13S2. The van der Waals surface area contributed by atoms with Gasteiger partial charge in [-0.3, -0.25) is 52.7 Å². The number of amides is 10. The van der Waals surface area contributed by atoms with Gasteiger partial charge in [0.05, 0.1) is 12.5 Å². The zero-order valence-corrected chi connectivity index (χ0v) is 48.5. The Labute approximate surface area is 472 Å². The second kappa shape index (κ2) is 38.6. The summed E-state index contributed by atoms with van der Waals surface area (Å²) in [7, 11) is 0. The standard InChI is InChI=1S/C52H88N12O13S2/c1-9-30(4)42(56-32(6)66)51(76)60-37(22-26-79-8)45(70)59-36(21-25-78-7)46(71)61-38(27-33-17-11-10-12-18-33)48(73)58-35(20-14-16-24-54)47(72)64-43(31(5)65)52(77)62-39(28-40(67)68)49(74)63-41(29(2)3)50(75)57-34(44(55)69)19-13-15-23-53/h10-12,17-18,29-31,34-39,41-43,65H,9,13-16,19-28,53-54H2,1-8H3,(H2,55,69)(H,56,66)(H,57,75)(H,58,73)(H,59,70)(H,60,76)(H,61,71)(H,62,77)(H,63,74)(H,64,72)(H,67,68)/t30-,31+,34-,35-,36-,37-,38-,39-,41-,42-,43-/m0/s1. The Kier molecular flexibility index (Phi) is 34.6. The Morgan fingerprint density at radius 2 is 0.924 bits per heavy atom. The number of thioether (sulfide) groups is 2. The third kappa shape index (κ3) is 27.1. The number of rotatable bonds is 40. The molecule has 0 aromatic heterocycles. The lowest BCUT2D eigenvalue weighted by molar-refractivity contribution is -0.142. The number of aliphatic carboxylic acids is 1. The first-order chi connectivity index (χ1) is 37.3. The maximum atomic E-state index is 14.5. The highest BCUT2D eigenvalue weighted by atomic mass is 32.2. The number of hydrogen-bond acceptors (Lipinski definition) is 16. The van der Waals surface area contributed by atoms with Gasteiger partial charge in [0.15, 0.2) is 0 Å². The van der Waals surface area contributed by atoms with Crippen LogP contribution in [0.2, 0.25) is 0 Å². The van der Waals surface area contributed by atoms with E-state index in [1.807, 2.05) is 13.2 Å². The zero-order valence-electron chi connectivity index (χ0n) is 46.9. The number of carboxylic acids is 1. The molecule has 0 heterocycles. The van der Waals surface area contributed by atoms with Crippen molar-refractivity contribution >= 4 is 88.6 Å². The Bertz CT molecular complexity index is 2140. The molecule has 0 saturated heterocycles. The summed E-state index contributed by atoms with van der Waals surface area (Å²) in [6, 6.07) is -3.63. The Hall–Kier alpha value is -6.03. The van der Waals surface area contributed by atoms with Gasteiger partial charge in [0.2, 0.25) is 59.1 Å². The summed E-state index contributed by atoms with van der Waals surface area (Å²) in [4.78, 5) is 148. The predicted octanol–water partition coefficient (Wildman–Crippen LogP) is -1.58. The van der Waals surface area contributed by atoms with Crippen molar-refractivity contribution in [3.8, 4) is 0 Å². The number of benzene rings is 1. The molecule has 0 aliphatic rings. The fourth-order valence-electron chi connectivity index (χ4n) is 7.96. The van der Waals surface area contributed by atoms with Gasteiger partial charge in [-0.2, -0.15) is 23.5 Å². The van der Waals surface area contributed by atoms with Crippen LogP contribution in [0.3, 0.4) is 0 Å². The molecule has 0 unspecified atom stereocenters. The third-order valence-corrected chi connectivity index (χ3v) is 14.1. The van der Waals surface area contributed by atoms with Gasteiger partial charge >= 0.3 is 5.97 Å². The largest absolute Gasteiger partial charge is 0.481 e. The van der Waals surface area contributed by atoms with Crippen LogP contribution in [0.25, 0.3) is 0 Å². The van der Waals surface area contributed by atoms with Crippen LogP contribution >= 0.6 is 23.5 Å². The minimum Gasteiger partial charge on any atom is -0.481 e. The van der Waals surface area contributed by atoms with E-state index in [0.29, 0.717) is 49.3 Å². The number of carbonyl (C=O) groups is 11. The normalized spacial score (nSPS) is 15.3. The number of nitrogens with two attached hydrogens (primary N) is 3. The molecule has 1 aromatic rings. The van der Waals surface area contributed by atoms with E-state index >= 15 is 0 Å². The minimum absolute atomic E-state index is 0.0589. The summed E-state index contributed by atoms with van der Waals surface area (Å²) in [5.74, 6) is -9.82. The van der Waals surface area contributed by atoms with E-state index in [2.05, 4.69) is 47.9 Å².